The molecule has 2 heterocycles. The van der Waals surface area contributed by atoms with E-state index in [-0.39, 0.29) is 5.91 Å². The lowest BCUT2D eigenvalue weighted by Crippen LogP contribution is -2.10. The summed E-state index contributed by atoms with van der Waals surface area (Å²) >= 11 is 0. The molecular weight excluding hydrogens is 252 g/mol. The van der Waals surface area contributed by atoms with Gasteiger partial charge in [0.15, 0.2) is 0 Å². The first-order chi connectivity index (χ1) is 9.83. The highest BCUT2D eigenvalue weighted by molar-refractivity contribution is 6.04. The number of nitrogens with one attached hydrogen (secondary N) is 1. The summed E-state index contributed by atoms with van der Waals surface area (Å²) in [5, 5.41) is 2.81. The van der Waals surface area contributed by atoms with E-state index in [9.17, 15) is 4.79 Å². The number of nitrogens with zero attached hydrogens (tertiary/aromatic N) is 1. The molecule has 0 aliphatic heterocycles. The molecule has 0 atom stereocenters. The fourth-order valence-electron chi connectivity index (χ4n) is 1.89. The Labute approximate surface area is 116 Å². The minimum Gasteiger partial charge on any atom is -0.472 e. The second kappa shape index (κ2) is 5.40. The van der Waals surface area contributed by atoms with E-state index in [4.69, 9.17) is 4.42 Å². The normalized spacial score (nSPS) is 10.2. The number of furan rings is 1. The van der Waals surface area contributed by atoms with E-state index in [0.717, 1.165) is 16.8 Å². The van der Waals surface area contributed by atoms with Gasteiger partial charge in [0.05, 0.1) is 11.8 Å². The smallest absolute Gasteiger partial charge is 0.258 e. The Balaban J connectivity index is 1.75. The highest BCUT2D eigenvalue weighted by Crippen LogP contribution is 2.20. The van der Waals surface area contributed by atoms with Crippen LogP contribution in [0.4, 0.5) is 5.69 Å². The summed E-state index contributed by atoms with van der Waals surface area (Å²) in [5.74, 6) is -0.185. The van der Waals surface area contributed by atoms with Gasteiger partial charge in [-0.2, -0.15) is 0 Å². The average Bonchev–Trinajstić information content (AvgIpc) is 3.03. The van der Waals surface area contributed by atoms with E-state index in [2.05, 4.69) is 10.3 Å². The Hall–Kier alpha value is -2.88. The number of rotatable bonds is 3. The van der Waals surface area contributed by atoms with Gasteiger partial charge in [-0.05, 0) is 41.5 Å². The molecule has 0 spiro atoms. The molecule has 4 heteroatoms. The third-order valence-electron chi connectivity index (χ3n) is 2.94. The van der Waals surface area contributed by atoms with Gasteiger partial charge in [-0.3, -0.25) is 9.78 Å². The van der Waals surface area contributed by atoms with E-state index in [1.165, 1.54) is 12.5 Å². The summed E-state index contributed by atoms with van der Waals surface area (Å²) in [6.07, 6.45) is 6.40. The van der Waals surface area contributed by atoms with Crippen LogP contribution < -0.4 is 5.32 Å². The van der Waals surface area contributed by atoms with Gasteiger partial charge in [-0.15, -0.1) is 0 Å². The van der Waals surface area contributed by atoms with Gasteiger partial charge in [0.1, 0.15) is 6.26 Å². The lowest BCUT2D eigenvalue weighted by molar-refractivity contribution is 0.102. The average molecular weight is 264 g/mol. The summed E-state index contributed by atoms with van der Waals surface area (Å²) in [6, 6.07) is 13.2. The minimum absolute atomic E-state index is 0.185. The van der Waals surface area contributed by atoms with Crippen molar-refractivity contribution in [1.82, 2.24) is 4.98 Å². The lowest BCUT2D eigenvalue weighted by Gasteiger charge is -2.05. The second-order valence-electron chi connectivity index (χ2n) is 4.28. The third kappa shape index (κ3) is 2.59. The van der Waals surface area contributed by atoms with Crippen LogP contribution >= 0.6 is 0 Å². The Morgan fingerprint density at radius 2 is 1.65 bits per heavy atom. The predicted molar refractivity (Wildman–Crippen MR) is 76.3 cm³/mol. The number of hydrogen-bond donors (Lipinski definition) is 1. The molecule has 2 aromatic heterocycles. The third-order valence-corrected chi connectivity index (χ3v) is 2.94. The van der Waals surface area contributed by atoms with Crippen LogP contribution in [0.3, 0.4) is 0 Å². The van der Waals surface area contributed by atoms with E-state index in [1.807, 2.05) is 36.4 Å². The predicted octanol–water partition coefficient (Wildman–Crippen LogP) is 3.59. The maximum Gasteiger partial charge on any atom is 0.258 e. The number of anilines is 1. The molecule has 3 rings (SSSR count). The first-order valence-electron chi connectivity index (χ1n) is 6.17. The van der Waals surface area contributed by atoms with Gasteiger partial charge in [0, 0.05) is 18.1 Å². The van der Waals surface area contributed by atoms with Crippen LogP contribution in [-0.4, -0.2) is 10.9 Å². The molecule has 4 nitrogen and oxygen atoms in total. The maximum atomic E-state index is 11.9. The van der Waals surface area contributed by atoms with Crippen molar-refractivity contribution in [3.05, 3.63) is 72.9 Å². The van der Waals surface area contributed by atoms with Crippen molar-refractivity contribution in [3.63, 3.8) is 0 Å². The van der Waals surface area contributed by atoms with Crippen molar-refractivity contribution in [2.45, 2.75) is 0 Å². The topological polar surface area (TPSA) is 55.1 Å². The largest absolute Gasteiger partial charge is 0.472 e. The molecule has 0 bridgehead atoms. The highest BCUT2D eigenvalue weighted by Gasteiger charge is 2.07. The SMILES string of the molecule is O=C(Nc1ccc(-c2ccncc2)cc1)c1ccoc1. The fraction of sp³-hybridized carbons (Fsp3) is 0. The molecular formula is C16H12N2O2. The molecule has 1 N–H and O–H groups in total. The highest BCUT2D eigenvalue weighted by atomic mass is 16.3. The van der Waals surface area contributed by atoms with Gasteiger partial charge in [-0.1, -0.05) is 12.1 Å². The number of hydrogen-bond acceptors (Lipinski definition) is 3. The molecule has 0 unspecified atom stereocenters. The molecule has 1 aromatic carbocycles. The molecule has 0 saturated carbocycles. The van der Waals surface area contributed by atoms with Crippen LogP contribution in [0.25, 0.3) is 11.1 Å². The Morgan fingerprint density at radius 1 is 0.950 bits per heavy atom. The first kappa shape index (κ1) is 12.2. The summed E-state index contributed by atoms with van der Waals surface area (Å²) in [6.45, 7) is 0. The zero-order valence-corrected chi connectivity index (χ0v) is 10.6. The molecule has 20 heavy (non-hydrogen) atoms. The Morgan fingerprint density at radius 3 is 2.30 bits per heavy atom. The number of benzene rings is 1. The van der Waals surface area contributed by atoms with E-state index in [0.29, 0.717) is 5.56 Å². The van der Waals surface area contributed by atoms with E-state index < -0.39 is 0 Å². The van der Waals surface area contributed by atoms with Crippen molar-refractivity contribution in [2.24, 2.45) is 0 Å². The van der Waals surface area contributed by atoms with E-state index >= 15 is 0 Å². The van der Waals surface area contributed by atoms with E-state index in [1.54, 1.807) is 18.5 Å². The molecule has 0 radical (unpaired) electrons. The Kier molecular flexibility index (Phi) is 3.29. The molecule has 0 fully saturated rings. The number of carbonyl (C=O) groups excluding carboxylic acids is 1. The number of amides is 1. The summed E-state index contributed by atoms with van der Waals surface area (Å²) in [4.78, 5) is 15.8. The summed E-state index contributed by atoms with van der Waals surface area (Å²) in [7, 11) is 0. The molecule has 3 aromatic rings. The zero-order valence-electron chi connectivity index (χ0n) is 10.6. The van der Waals surface area contributed by atoms with Gasteiger partial charge >= 0.3 is 0 Å². The van der Waals surface area contributed by atoms with Crippen molar-refractivity contribution in [2.75, 3.05) is 5.32 Å². The van der Waals surface area contributed by atoms with Crippen LogP contribution in [0.5, 0.6) is 0 Å². The number of pyridine rings is 1. The first-order valence-corrected chi connectivity index (χ1v) is 6.17. The number of aromatic nitrogens is 1. The molecule has 0 aliphatic carbocycles. The minimum atomic E-state index is -0.185. The summed E-state index contributed by atoms with van der Waals surface area (Å²) < 4.78 is 4.88. The number of carbonyl (C=O) groups is 1. The van der Waals surface area contributed by atoms with Crippen molar-refractivity contribution < 1.29 is 9.21 Å². The van der Waals surface area contributed by atoms with Crippen molar-refractivity contribution in [3.8, 4) is 11.1 Å². The standard InChI is InChI=1S/C16H12N2O2/c19-16(14-7-10-20-11-14)18-15-3-1-12(2-4-15)13-5-8-17-9-6-13/h1-11H,(H,18,19). The van der Waals surface area contributed by atoms with Crippen molar-refractivity contribution in [1.29, 1.82) is 0 Å². The van der Waals surface area contributed by atoms with Gasteiger partial charge < -0.3 is 9.73 Å². The lowest BCUT2D eigenvalue weighted by atomic mass is 10.1. The van der Waals surface area contributed by atoms with Crippen LogP contribution in [0.1, 0.15) is 10.4 Å². The van der Waals surface area contributed by atoms with Gasteiger partial charge in [0.25, 0.3) is 5.91 Å². The van der Waals surface area contributed by atoms with Crippen LogP contribution in [0.15, 0.2) is 71.8 Å². The molecule has 0 saturated heterocycles. The molecule has 98 valence electrons. The van der Waals surface area contributed by atoms with Crippen LogP contribution in [0, 0.1) is 0 Å². The maximum absolute atomic E-state index is 11.9. The van der Waals surface area contributed by atoms with Gasteiger partial charge in [-0.25, -0.2) is 0 Å². The summed E-state index contributed by atoms with van der Waals surface area (Å²) in [5.41, 5.74) is 3.42. The van der Waals surface area contributed by atoms with Crippen molar-refractivity contribution >= 4 is 11.6 Å². The molecule has 0 aliphatic rings. The quantitative estimate of drug-likeness (QED) is 0.786. The van der Waals surface area contributed by atoms with Crippen LogP contribution in [0.2, 0.25) is 0 Å². The fourth-order valence-corrected chi connectivity index (χ4v) is 1.89. The Bertz CT molecular complexity index is 689. The zero-order chi connectivity index (χ0) is 13.8. The van der Waals surface area contributed by atoms with Gasteiger partial charge in [0.2, 0.25) is 0 Å². The van der Waals surface area contributed by atoms with Crippen LogP contribution in [-0.2, 0) is 0 Å². The monoisotopic (exact) mass is 264 g/mol. The molecule has 1 amide bonds. The second-order valence-corrected chi connectivity index (χ2v) is 4.28.